The Kier molecular flexibility index (Phi) is 4.79. The topological polar surface area (TPSA) is 44.1 Å². The van der Waals surface area contributed by atoms with Gasteiger partial charge in [-0.05, 0) is 36.7 Å². The second-order valence-electron chi connectivity index (χ2n) is 4.60. The molecule has 0 spiro atoms. The Hall–Kier alpha value is -1.90. The molecule has 124 valence electrons. The summed E-state index contributed by atoms with van der Waals surface area (Å²) in [7, 11) is 0. The van der Waals surface area contributed by atoms with Crippen molar-refractivity contribution >= 4 is 21.9 Å². The summed E-state index contributed by atoms with van der Waals surface area (Å²) in [6.45, 7) is 4.19. The zero-order valence-corrected chi connectivity index (χ0v) is 13.9. The van der Waals surface area contributed by atoms with Crippen LogP contribution in [0.4, 0.5) is 17.6 Å². The van der Waals surface area contributed by atoms with E-state index in [1.807, 2.05) is 0 Å². The minimum absolute atomic E-state index is 0.201. The highest BCUT2D eigenvalue weighted by Gasteiger charge is 2.32. The number of ether oxygens (including phenoxy) is 1. The maximum Gasteiger partial charge on any atom is 0.344 e. The summed E-state index contributed by atoms with van der Waals surface area (Å²) in [5.41, 5.74) is -1.84. The molecule has 9 heteroatoms. The van der Waals surface area contributed by atoms with Crippen LogP contribution in [0.5, 0.6) is 0 Å². The van der Waals surface area contributed by atoms with E-state index in [1.165, 1.54) is 13.8 Å². The van der Waals surface area contributed by atoms with Crippen molar-refractivity contribution in [3.8, 4) is 5.69 Å². The molecule has 0 unspecified atom stereocenters. The monoisotopic (exact) mass is 394 g/mol. The van der Waals surface area contributed by atoms with Crippen LogP contribution >= 0.6 is 15.9 Å². The van der Waals surface area contributed by atoms with E-state index >= 15 is 0 Å². The van der Waals surface area contributed by atoms with Crippen LogP contribution in [-0.2, 0) is 4.74 Å². The molecule has 0 radical (unpaired) electrons. The number of hydrogen-bond acceptors (Lipinski definition) is 3. The molecule has 0 aliphatic carbocycles. The van der Waals surface area contributed by atoms with Gasteiger partial charge in [0.2, 0.25) is 0 Å². The number of aromatic nitrogens is 2. The molecular weight excluding hydrogens is 384 g/mol. The fourth-order valence-electron chi connectivity index (χ4n) is 2.03. The lowest BCUT2D eigenvalue weighted by Gasteiger charge is -2.12. The third-order valence-electron chi connectivity index (χ3n) is 3.13. The van der Waals surface area contributed by atoms with Gasteiger partial charge in [-0.15, -0.1) is 0 Å². The highest BCUT2D eigenvalue weighted by Crippen LogP contribution is 2.30. The summed E-state index contributed by atoms with van der Waals surface area (Å²) < 4.78 is 62.2. The zero-order valence-electron chi connectivity index (χ0n) is 12.3. The maximum atomic E-state index is 14.2. The summed E-state index contributed by atoms with van der Waals surface area (Å²) in [5, 5.41) is 3.84. The normalized spacial score (nSPS) is 11.0. The molecule has 1 aromatic carbocycles. The number of halogens is 5. The SMILES string of the molecule is CCOC(=O)c1c(F)c(F)c(-n2nc(C)c(Br)c2C)c(F)c1F. The second kappa shape index (κ2) is 6.31. The first-order valence-electron chi connectivity index (χ1n) is 6.47. The molecule has 2 rings (SSSR count). The molecule has 1 heterocycles. The van der Waals surface area contributed by atoms with Crippen LogP contribution in [0.25, 0.3) is 5.69 Å². The number of aryl methyl sites for hydroxylation is 1. The molecule has 0 bridgehead atoms. The van der Waals surface area contributed by atoms with Crippen molar-refractivity contribution in [2.24, 2.45) is 0 Å². The smallest absolute Gasteiger partial charge is 0.344 e. The van der Waals surface area contributed by atoms with Crippen molar-refractivity contribution in [3.63, 3.8) is 0 Å². The summed E-state index contributed by atoms with van der Waals surface area (Å²) in [5.74, 6) is -8.61. The van der Waals surface area contributed by atoms with Gasteiger partial charge in [0, 0.05) is 0 Å². The molecule has 0 saturated heterocycles. The first-order chi connectivity index (χ1) is 10.7. The van der Waals surface area contributed by atoms with Gasteiger partial charge >= 0.3 is 5.97 Å². The molecule has 1 aromatic heterocycles. The Morgan fingerprint density at radius 1 is 1.13 bits per heavy atom. The molecule has 0 aliphatic rings. The zero-order chi connectivity index (χ0) is 17.5. The van der Waals surface area contributed by atoms with Gasteiger partial charge in [-0.25, -0.2) is 27.0 Å². The number of esters is 1. The van der Waals surface area contributed by atoms with Crippen molar-refractivity contribution < 1.29 is 27.1 Å². The largest absolute Gasteiger partial charge is 0.462 e. The van der Waals surface area contributed by atoms with Gasteiger partial charge in [0.15, 0.2) is 23.3 Å². The minimum Gasteiger partial charge on any atom is -0.462 e. The van der Waals surface area contributed by atoms with E-state index in [9.17, 15) is 22.4 Å². The van der Waals surface area contributed by atoms with Crippen molar-refractivity contribution in [1.82, 2.24) is 9.78 Å². The molecular formula is C14H11BrF4N2O2. The number of carbonyl (C=O) groups is 1. The van der Waals surface area contributed by atoms with Gasteiger partial charge in [-0.1, -0.05) is 0 Å². The van der Waals surface area contributed by atoms with E-state index in [2.05, 4.69) is 25.8 Å². The van der Waals surface area contributed by atoms with Gasteiger partial charge < -0.3 is 4.74 Å². The van der Waals surface area contributed by atoms with Gasteiger partial charge in [0.05, 0.1) is 22.5 Å². The van der Waals surface area contributed by atoms with E-state index in [-0.39, 0.29) is 12.3 Å². The standard InChI is InChI=1S/C14H11BrF4N2O2/c1-4-23-14(22)7-9(16)11(18)13(12(19)10(7)17)21-6(3)8(15)5(2)20-21/h4H2,1-3H3. The van der Waals surface area contributed by atoms with Gasteiger partial charge in [0.25, 0.3) is 0 Å². The Morgan fingerprint density at radius 2 is 1.65 bits per heavy atom. The quantitative estimate of drug-likeness (QED) is 0.449. The van der Waals surface area contributed by atoms with Crippen LogP contribution in [0.15, 0.2) is 4.47 Å². The first-order valence-corrected chi connectivity index (χ1v) is 7.26. The van der Waals surface area contributed by atoms with Crippen molar-refractivity contribution in [2.75, 3.05) is 6.61 Å². The summed E-state index contributed by atoms with van der Waals surface area (Å²) >= 11 is 3.15. The molecule has 0 atom stereocenters. The third kappa shape index (κ3) is 2.73. The Labute approximate surface area is 137 Å². The van der Waals surface area contributed by atoms with E-state index in [0.29, 0.717) is 10.2 Å². The summed E-state index contributed by atoms with van der Waals surface area (Å²) in [6, 6.07) is 0. The van der Waals surface area contributed by atoms with Gasteiger partial charge in [-0.2, -0.15) is 5.10 Å². The maximum absolute atomic E-state index is 14.2. The third-order valence-corrected chi connectivity index (χ3v) is 4.28. The van der Waals surface area contributed by atoms with Crippen molar-refractivity contribution in [3.05, 3.63) is 44.7 Å². The van der Waals surface area contributed by atoms with Crippen LogP contribution in [0, 0.1) is 37.1 Å². The minimum atomic E-state index is -1.83. The molecule has 0 amide bonds. The van der Waals surface area contributed by atoms with Gasteiger partial charge in [0.1, 0.15) is 11.3 Å². The Morgan fingerprint density at radius 3 is 2.04 bits per heavy atom. The number of carbonyl (C=O) groups excluding carboxylic acids is 1. The van der Waals surface area contributed by atoms with E-state index in [4.69, 9.17) is 0 Å². The lowest BCUT2D eigenvalue weighted by molar-refractivity contribution is 0.0512. The molecule has 0 fully saturated rings. The molecule has 0 aliphatic heterocycles. The number of hydrogen-bond donors (Lipinski definition) is 0. The number of benzene rings is 1. The van der Waals surface area contributed by atoms with Gasteiger partial charge in [-0.3, -0.25) is 0 Å². The average Bonchev–Trinajstić information content (AvgIpc) is 2.74. The molecule has 2 aromatic rings. The van der Waals surface area contributed by atoms with E-state index in [0.717, 1.165) is 4.68 Å². The van der Waals surface area contributed by atoms with E-state index in [1.54, 1.807) is 6.92 Å². The number of nitrogens with zero attached hydrogens (tertiary/aromatic N) is 2. The van der Waals surface area contributed by atoms with Crippen LogP contribution in [0.3, 0.4) is 0 Å². The first kappa shape index (κ1) is 17.5. The van der Waals surface area contributed by atoms with Crippen LogP contribution in [0.2, 0.25) is 0 Å². The highest BCUT2D eigenvalue weighted by atomic mass is 79.9. The van der Waals surface area contributed by atoms with Crippen LogP contribution in [-0.4, -0.2) is 22.4 Å². The predicted molar refractivity (Wildman–Crippen MR) is 76.5 cm³/mol. The number of rotatable bonds is 3. The van der Waals surface area contributed by atoms with Crippen LogP contribution < -0.4 is 0 Å². The van der Waals surface area contributed by atoms with Crippen LogP contribution in [0.1, 0.15) is 28.7 Å². The average molecular weight is 395 g/mol. The van der Waals surface area contributed by atoms with Crippen molar-refractivity contribution in [2.45, 2.75) is 20.8 Å². The summed E-state index contributed by atoms with van der Waals surface area (Å²) in [4.78, 5) is 11.5. The fraction of sp³-hybridized carbons (Fsp3) is 0.286. The lowest BCUT2D eigenvalue weighted by atomic mass is 10.1. The molecule has 0 N–H and O–H groups in total. The highest BCUT2D eigenvalue weighted by molar-refractivity contribution is 9.10. The second-order valence-corrected chi connectivity index (χ2v) is 5.39. The Bertz CT molecular complexity index is 776. The Balaban J connectivity index is 2.78. The molecule has 0 saturated carbocycles. The molecule has 23 heavy (non-hydrogen) atoms. The van der Waals surface area contributed by atoms with Crippen molar-refractivity contribution in [1.29, 1.82) is 0 Å². The van der Waals surface area contributed by atoms with E-state index < -0.39 is 40.5 Å². The molecule has 4 nitrogen and oxygen atoms in total. The lowest BCUT2D eigenvalue weighted by Crippen LogP contribution is -2.17. The fourth-order valence-corrected chi connectivity index (χ4v) is 2.28. The summed E-state index contributed by atoms with van der Waals surface area (Å²) in [6.07, 6.45) is 0. The predicted octanol–water partition coefficient (Wildman–Crippen LogP) is 3.98.